The van der Waals surface area contributed by atoms with Crippen molar-refractivity contribution in [1.29, 1.82) is 0 Å². The Balaban J connectivity index is 1.97. The minimum atomic E-state index is -2.01. The van der Waals surface area contributed by atoms with E-state index in [1.54, 1.807) is 0 Å². The number of aromatic nitrogens is 2. The van der Waals surface area contributed by atoms with Gasteiger partial charge in [-0.15, -0.1) is 0 Å². The van der Waals surface area contributed by atoms with Gasteiger partial charge in [0.05, 0.1) is 18.1 Å². The largest absolute Gasteiger partial charge is 0.367 e. The van der Waals surface area contributed by atoms with Crippen molar-refractivity contribution >= 4 is 23.0 Å². The summed E-state index contributed by atoms with van der Waals surface area (Å²) < 4.78 is 27.2. The molecule has 10 heteroatoms. The molecule has 0 fully saturated rings. The number of primary amides is 1. The van der Waals surface area contributed by atoms with Crippen molar-refractivity contribution in [2.75, 3.05) is 10.6 Å². The van der Waals surface area contributed by atoms with Gasteiger partial charge in [0.1, 0.15) is 34.9 Å². The van der Waals surface area contributed by atoms with Crippen molar-refractivity contribution in [3.8, 4) is 0 Å². The molecule has 0 spiro atoms. The number of carbonyl (C=O) groups is 1. The quantitative estimate of drug-likeness (QED) is 0.675. The van der Waals surface area contributed by atoms with Crippen LogP contribution in [-0.4, -0.2) is 21.4 Å². The molecule has 1 aliphatic carbocycles. The van der Waals surface area contributed by atoms with E-state index >= 15 is 0 Å². The molecule has 3 rings (SSSR count). The van der Waals surface area contributed by atoms with Crippen LogP contribution in [0.5, 0.6) is 0 Å². The SMILES string of the molecule is NC(=O)C1(Nc2c(Nc3cncnc3)c(=O)c2=O)C=C(F)C=C(F)C1. The van der Waals surface area contributed by atoms with E-state index in [1.165, 1.54) is 18.7 Å². The second-order valence-corrected chi connectivity index (χ2v) is 5.42. The maximum absolute atomic E-state index is 13.6. The Morgan fingerprint density at radius 3 is 2.40 bits per heavy atom. The lowest BCUT2D eigenvalue weighted by Gasteiger charge is -2.32. The lowest BCUT2D eigenvalue weighted by atomic mass is 9.88. The van der Waals surface area contributed by atoms with Crippen molar-refractivity contribution in [1.82, 2.24) is 9.97 Å². The molecule has 128 valence electrons. The Kier molecular flexibility index (Phi) is 3.87. The number of nitrogens with zero attached hydrogens (tertiary/aromatic N) is 2. The highest BCUT2D eigenvalue weighted by molar-refractivity contribution is 5.93. The molecular formula is C15H11F2N5O3. The minimum Gasteiger partial charge on any atom is -0.367 e. The predicted molar refractivity (Wildman–Crippen MR) is 85.2 cm³/mol. The number of anilines is 3. The van der Waals surface area contributed by atoms with E-state index in [0.29, 0.717) is 11.8 Å². The lowest BCUT2D eigenvalue weighted by molar-refractivity contribution is -0.121. The molecule has 0 aliphatic heterocycles. The van der Waals surface area contributed by atoms with E-state index in [2.05, 4.69) is 20.6 Å². The van der Waals surface area contributed by atoms with Crippen LogP contribution in [0, 0.1) is 0 Å². The summed E-state index contributed by atoms with van der Waals surface area (Å²) in [5.74, 6) is -3.07. The summed E-state index contributed by atoms with van der Waals surface area (Å²) in [6.07, 6.45) is 4.73. The second-order valence-electron chi connectivity index (χ2n) is 5.42. The molecule has 1 atom stereocenters. The Hall–Kier alpha value is -3.43. The summed E-state index contributed by atoms with van der Waals surface area (Å²) in [5.41, 5.74) is 1.29. The van der Waals surface area contributed by atoms with Gasteiger partial charge in [0.2, 0.25) is 5.91 Å². The zero-order valence-corrected chi connectivity index (χ0v) is 12.5. The molecule has 1 aliphatic rings. The van der Waals surface area contributed by atoms with Crippen molar-refractivity contribution in [2.45, 2.75) is 12.0 Å². The van der Waals surface area contributed by atoms with E-state index in [0.717, 1.165) is 6.08 Å². The Morgan fingerprint density at radius 1 is 1.16 bits per heavy atom. The number of nitrogens with two attached hydrogens (primary N) is 1. The van der Waals surface area contributed by atoms with Crippen LogP contribution in [-0.2, 0) is 4.79 Å². The van der Waals surface area contributed by atoms with Gasteiger partial charge >= 0.3 is 0 Å². The summed E-state index contributed by atoms with van der Waals surface area (Å²) in [6.45, 7) is 0. The first kappa shape index (κ1) is 16.4. The number of amides is 1. The van der Waals surface area contributed by atoms with Gasteiger partial charge in [0.25, 0.3) is 10.9 Å². The number of carbonyl (C=O) groups excluding carboxylic acids is 1. The monoisotopic (exact) mass is 347 g/mol. The normalized spacial score (nSPS) is 19.9. The molecule has 0 saturated carbocycles. The topological polar surface area (TPSA) is 127 Å². The van der Waals surface area contributed by atoms with E-state index in [4.69, 9.17) is 5.73 Å². The molecule has 25 heavy (non-hydrogen) atoms. The van der Waals surface area contributed by atoms with Gasteiger partial charge in [-0.25, -0.2) is 18.7 Å². The van der Waals surface area contributed by atoms with Gasteiger partial charge in [-0.2, -0.15) is 0 Å². The molecule has 0 saturated heterocycles. The third-order valence-electron chi connectivity index (χ3n) is 3.65. The number of hydrogen-bond acceptors (Lipinski definition) is 7. The van der Waals surface area contributed by atoms with Crippen LogP contribution in [0.1, 0.15) is 6.42 Å². The first-order valence-electron chi connectivity index (χ1n) is 7.00. The fraction of sp³-hybridized carbons (Fsp3) is 0.133. The van der Waals surface area contributed by atoms with Gasteiger partial charge in [0, 0.05) is 12.5 Å². The van der Waals surface area contributed by atoms with Crippen LogP contribution in [0.3, 0.4) is 0 Å². The first-order chi connectivity index (χ1) is 11.8. The molecule has 1 aromatic carbocycles. The number of rotatable bonds is 5. The maximum atomic E-state index is 13.6. The smallest absolute Gasteiger partial charge is 0.253 e. The standard InChI is InChI=1S/C15H11F2N5O3/c16-7-1-8(17)3-15(2-7,14(18)25)22-11-10(12(23)13(11)24)21-9-4-19-6-20-5-9/h1-2,4-6,21-22H,3H2,(H2,18,25). The fourth-order valence-corrected chi connectivity index (χ4v) is 2.46. The third kappa shape index (κ3) is 2.89. The Labute approximate surface area is 138 Å². The maximum Gasteiger partial charge on any atom is 0.253 e. The summed E-state index contributed by atoms with van der Waals surface area (Å²) in [6, 6.07) is 0. The zero-order valence-electron chi connectivity index (χ0n) is 12.5. The molecule has 0 radical (unpaired) electrons. The molecule has 1 aromatic heterocycles. The lowest BCUT2D eigenvalue weighted by Crippen LogP contribution is -2.53. The van der Waals surface area contributed by atoms with E-state index < -0.39 is 40.4 Å². The van der Waals surface area contributed by atoms with Crippen LogP contribution in [0.4, 0.5) is 25.8 Å². The van der Waals surface area contributed by atoms with Crippen molar-refractivity contribution in [3.05, 3.63) is 63.0 Å². The average molecular weight is 347 g/mol. The van der Waals surface area contributed by atoms with Crippen molar-refractivity contribution in [2.24, 2.45) is 5.73 Å². The highest BCUT2D eigenvalue weighted by Gasteiger charge is 2.41. The van der Waals surface area contributed by atoms with E-state index in [1.807, 2.05) is 0 Å². The second kappa shape index (κ2) is 5.89. The van der Waals surface area contributed by atoms with Crippen LogP contribution >= 0.6 is 0 Å². The van der Waals surface area contributed by atoms with Gasteiger partial charge < -0.3 is 16.4 Å². The number of halogens is 2. The highest BCUT2D eigenvalue weighted by Crippen LogP contribution is 2.33. The molecule has 0 bridgehead atoms. The number of allylic oxidation sites excluding steroid dienone is 2. The van der Waals surface area contributed by atoms with Crippen LogP contribution in [0.2, 0.25) is 0 Å². The van der Waals surface area contributed by atoms with Gasteiger partial charge in [0.15, 0.2) is 0 Å². The van der Waals surface area contributed by atoms with Crippen LogP contribution in [0.25, 0.3) is 0 Å². The number of nitrogens with one attached hydrogen (secondary N) is 2. The molecule has 2 aromatic rings. The van der Waals surface area contributed by atoms with E-state index in [-0.39, 0.29) is 11.4 Å². The highest BCUT2D eigenvalue weighted by atomic mass is 19.1. The van der Waals surface area contributed by atoms with E-state index in [9.17, 15) is 23.2 Å². The van der Waals surface area contributed by atoms with Crippen LogP contribution < -0.4 is 27.2 Å². The molecule has 8 nitrogen and oxygen atoms in total. The summed E-state index contributed by atoms with van der Waals surface area (Å²) in [4.78, 5) is 42.9. The summed E-state index contributed by atoms with van der Waals surface area (Å²) >= 11 is 0. The first-order valence-corrected chi connectivity index (χ1v) is 7.00. The van der Waals surface area contributed by atoms with Crippen LogP contribution in [0.15, 0.2) is 52.1 Å². The van der Waals surface area contributed by atoms with Crippen molar-refractivity contribution < 1.29 is 13.6 Å². The summed E-state index contributed by atoms with van der Waals surface area (Å²) in [5, 5.41) is 5.04. The van der Waals surface area contributed by atoms with Gasteiger partial charge in [-0.3, -0.25) is 14.4 Å². The van der Waals surface area contributed by atoms with Gasteiger partial charge in [-0.05, 0) is 6.08 Å². The molecule has 1 amide bonds. The predicted octanol–water partition coefficient (Wildman–Crippen LogP) is 0.563. The summed E-state index contributed by atoms with van der Waals surface area (Å²) in [7, 11) is 0. The molecular weight excluding hydrogens is 336 g/mol. The molecule has 4 N–H and O–H groups in total. The zero-order chi connectivity index (χ0) is 18.2. The third-order valence-corrected chi connectivity index (χ3v) is 3.65. The van der Waals surface area contributed by atoms with Gasteiger partial charge in [-0.1, -0.05) is 0 Å². The molecule has 1 unspecified atom stereocenters. The minimum absolute atomic E-state index is 0.177. The Bertz CT molecular complexity index is 979. The Morgan fingerprint density at radius 2 is 1.80 bits per heavy atom. The number of hydrogen-bond donors (Lipinski definition) is 3. The molecule has 1 heterocycles. The van der Waals surface area contributed by atoms with Crippen molar-refractivity contribution in [3.63, 3.8) is 0 Å². The fourth-order valence-electron chi connectivity index (χ4n) is 2.46. The average Bonchev–Trinajstić information content (AvgIpc) is 2.57.